The van der Waals surface area contributed by atoms with E-state index in [1.165, 1.54) is 13.2 Å². The van der Waals surface area contributed by atoms with E-state index in [0.717, 1.165) is 5.69 Å². The molecule has 5 rings (SSSR count). The minimum atomic E-state index is -0.382. The van der Waals surface area contributed by atoms with Crippen molar-refractivity contribution in [3.05, 3.63) is 59.4 Å². The Kier molecular flexibility index (Phi) is 6.05. The van der Waals surface area contributed by atoms with Crippen molar-refractivity contribution < 1.29 is 14.3 Å². The fraction of sp³-hybridized carbons (Fsp3) is 0.280. The van der Waals surface area contributed by atoms with Gasteiger partial charge in [0.2, 0.25) is 11.9 Å². The average molecular weight is 508 g/mol. The van der Waals surface area contributed by atoms with Crippen LogP contribution in [0.25, 0.3) is 11.4 Å². The van der Waals surface area contributed by atoms with Gasteiger partial charge in [-0.2, -0.15) is 0 Å². The minimum absolute atomic E-state index is 0.0936. The molecule has 186 valence electrons. The zero-order chi connectivity index (χ0) is 25.4. The molecule has 1 fully saturated rings. The lowest BCUT2D eigenvalue weighted by Gasteiger charge is -2.43. The number of fused-ring (bicyclic) bond motifs is 2. The first-order valence-corrected chi connectivity index (χ1v) is 11.9. The Balaban J connectivity index is 1.66. The van der Waals surface area contributed by atoms with Crippen LogP contribution < -0.4 is 21.1 Å². The summed E-state index contributed by atoms with van der Waals surface area (Å²) in [5, 5.41) is 6.86. The van der Waals surface area contributed by atoms with E-state index in [0.29, 0.717) is 71.6 Å². The maximum Gasteiger partial charge on any atom is 0.255 e. The molecule has 10 nitrogen and oxygen atoms in total. The number of nitrogens with two attached hydrogens (primary N) is 1. The molecule has 2 aromatic heterocycles. The number of H-pyrrole nitrogens is 1. The molecule has 5 N–H and O–H groups in total. The van der Waals surface area contributed by atoms with Crippen LogP contribution in [0.15, 0.2) is 43.1 Å². The van der Waals surface area contributed by atoms with Gasteiger partial charge in [0.25, 0.3) is 5.91 Å². The highest BCUT2D eigenvalue weighted by molar-refractivity contribution is 6.32. The molecule has 2 aliphatic rings. The topological polar surface area (TPSA) is 138 Å². The number of nitrogens with zero attached hydrogens (tertiary/aromatic N) is 3. The summed E-state index contributed by atoms with van der Waals surface area (Å²) in [6, 6.07) is 7.06. The van der Waals surface area contributed by atoms with Gasteiger partial charge in [-0.1, -0.05) is 24.2 Å². The van der Waals surface area contributed by atoms with Gasteiger partial charge in [-0.15, -0.1) is 0 Å². The largest absolute Gasteiger partial charge is 0.493 e. The molecule has 11 heteroatoms. The number of nitrogens with one attached hydrogen (secondary N) is 3. The van der Waals surface area contributed by atoms with Gasteiger partial charge in [-0.25, -0.2) is 9.97 Å². The van der Waals surface area contributed by atoms with E-state index in [9.17, 15) is 9.59 Å². The number of ether oxygens (including phenoxy) is 1. The van der Waals surface area contributed by atoms with Crippen molar-refractivity contribution >= 4 is 40.7 Å². The second-order valence-electron chi connectivity index (χ2n) is 8.86. The molecule has 3 aromatic rings. The second-order valence-corrected chi connectivity index (χ2v) is 9.27. The molecule has 1 spiro atoms. The van der Waals surface area contributed by atoms with Crippen LogP contribution in [0.2, 0.25) is 5.02 Å². The van der Waals surface area contributed by atoms with E-state index in [1.54, 1.807) is 29.3 Å². The summed E-state index contributed by atoms with van der Waals surface area (Å²) in [6.45, 7) is 5.17. The molecule has 36 heavy (non-hydrogen) atoms. The van der Waals surface area contributed by atoms with Crippen LogP contribution in [-0.4, -0.2) is 58.4 Å². The Morgan fingerprint density at radius 3 is 2.81 bits per heavy atom. The number of nitrogen functional groups attached to an aromatic ring is 1. The van der Waals surface area contributed by atoms with Crippen LogP contribution in [0.3, 0.4) is 0 Å². The van der Waals surface area contributed by atoms with Gasteiger partial charge in [0.05, 0.1) is 40.5 Å². The number of hydrogen-bond acceptors (Lipinski definition) is 7. The third-order valence-electron chi connectivity index (χ3n) is 6.91. The molecule has 0 saturated carbocycles. The summed E-state index contributed by atoms with van der Waals surface area (Å²) in [4.78, 5) is 39.2. The minimum Gasteiger partial charge on any atom is -0.493 e. The molecule has 0 radical (unpaired) electrons. The highest BCUT2D eigenvalue weighted by atomic mass is 35.5. The summed E-state index contributed by atoms with van der Waals surface area (Å²) in [7, 11) is 1.53. The van der Waals surface area contributed by atoms with E-state index in [-0.39, 0.29) is 23.2 Å². The maximum absolute atomic E-state index is 13.3. The first-order chi connectivity index (χ1) is 17.4. The quantitative estimate of drug-likeness (QED) is 0.389. The Labute approximate surface area is 212 Å². The molecular formula is C25H26ClN7O3. The molecular weight excluding hydrogens is 482 g/mol. The molecule has 2 aliphatic heterocycles. The Bertz CT molecular complexity index is 1360. The fourth-order valence-corrected chi connectivity index (χ4v) is 5.29. The van der Waals surface area contributed by atoms with Crippen molar-refractivity contribution in [2.45, 2.75) is 18.3 Å². The molecule has 0 aliphatic carbocycles. The summed E-state index contributed by atoms with van der Waals surface area (Å²) in [5.41, 5.74) is 9.04. The van der Waals surface area contributed by atoms with E-state index >= 15 is 0 Å². The van der Waals surface area contributed by atoms with Crippen LogP contribution in [0.1, 0.15) is 28.9 Å². The highest BCUT2D eigenvalue weighted by Gasteiger charge is 2.46. The van der Waals surface area contributed by atoms with Crippen molar-refractivity contribution in [1.82, 2.24) is 25.2 Å². The summed E-state index contributed by atoms with van der Waals surface area (Å²) in [6.07, 6.45) is 4.24. The number of anilines is 3. The standard InChI is InChI=1S/C25H26ClN7O3/c1-3-17(34)33-11-8-25(9-12-33)13-29-23(35)18-20(30-16-6-4-5-14(26)21(16)36-2)19(32-22(18)25)15-7-10-28-24(27)31-15/h3-7,10,30,32H,1,8-9,11-13H2,2H3,(H,29,35)(H2,27,28,31). The van der Waals surface area contributed by atoms with E-state index < -0.39 is 0 Å². The van der Waals surface area contributed by atoms with Crippen molar-refractivity contribution in [3.63, 3.8) is 0 Å². The number of amides is 2. The van der Waals surface area contributed by atoms with Gasteiger partial charge in [-0.3, -0.25) is 9.59 Å². The number of hydrogen-bond donors (Lipinski definition) is 4. The van der Waals surface area contributed by atoms with Gasteiger partial charge in [0.1, 0.15) is 0 Å². The van der Waals surface area contributed by atoms with Crippen molar-refractivity contribution in [2.75, 3.05) is 37.8 Å². The number of likely N-dealkylation sites (tertiary alicyclic amines) is 1. The Morgan fingerprint density at radius 1 is 1.33 bits per heavy atom. The zero-order valence-corrected chi connectivity index (χ0v) is 20.5. The number of benzene rings is 1. The lowest BCUT2D eigenvalue weighted by molar-refractivity contribution is -0.127. The number of aromatic amines is 1. The lowest BCUT2D eigenvalue weighted by Crippen LogP contribution is -2.53. The SMILES string of the molecule is C=CC(=O)N1CCC2(CC1)CNC(=O)c1c2[nH]c(-c2ccnc(N)n2)c1Nc1cccc(Cl)c1OC. The van der Waals surface area contributed by atoms with Gasteiger partial charge >= 0.3 is 0 Å². The molecule has 1 saturated heterocycles. The molecule has 0 unspecified atom stereocenters. The number of aromatic nitrogens is 3. The first kappa shape index (κ1) is 23.7. The first-order valence-electron chi connectivity index (χ1n) is 11.5. The smallest absolute Gasteiger partial charge is 0.255 e. The van der Waals surface area contributed by atoms with Crippen LogP contribution >= 0.6 is 11.6 Å². The molecule has 1 aromatic carbocycles. The van der Waals surface area contributed by atoms with E-state index in [2.05, 4.69) is 32.2 Å². The Morgan fingerprint density at radius 2 is 2.11 bits per heavy atom. The summed E-state index contributed by atoms with van der Waals surface area (Å²) >= 11 is 6.36. The fourth-order valence-electron chi connectivity index (χ4n) is 5.04. The van der Waals surface area contributed by atoms with Crippen molar-refractivity contribution in [3.8, 4) is 17.1 Å². The number of carbonyl (C=O) groups excluding carboxylic acids is 2. The van der Waals surface area contributed by atoms with Crippen LogP contribution in [0, 0.1) is 0 Å². The predicted octanol–water partition coefficient (Wildman–Crippen LogP) is 3.25. The van der Waals surface area contributed by atoms with Gasteiger partial charge in [0, 0.05) is 36.9 Å². The average Bonchev–Trinajstić information content (AvgIpc) is 3.27. The molecule has 4 heterocycles. The molecule has 0 atom stereocenters. The van der Waals surface area contributed by atoms with E-state index in [1.807, 2.05) is 6.07 Å². The third kappa shape index (κ3) is 3.93. The lowest BCUT2D eigenvalue weighted by atomic mass is 9.72. The number of methoxy groups -OCH3 is 1. The third-order valence-corrected chi connectivity index (χ3v) is 7.21. The zero-order valence-electron chi connectivity index (χ0n) is 19.7. The normalized spacial score (nSPS) is 16.3. The predicted molar refractivity (Wildman–Crippen MR) is 138 cm³/mol. The monoisotopic (exact) mass is 507 g/mol. The number of rotatable bonds is 5. The molecule has 2 amide bonds. The Hall–Kier alpha value is -4.05. The molecule has 0 bridgehead atoms. The number of carbonyl (C=O) groups is 2. The van der Waals surface area contributed by atoms with Crippen LogP contribution in [0.4, 0.5) is 17.3 Å². The van der Waals surface area contributed by atoms with Crippen LogP contribution in [0.5, 0.6) is 5.75 Å². The van der Waals surface area contributed by atoms with Gasteiger partial charge in [0.15, 0.2) is 5.75 Å². The number of halogens is 1. The van der Waals surface area contributed by atoms with Gasteiger partial charge < -0.3 is 31.0 Å². The number of piperidine rings is 1. The second kappa shape index (κ2) is 9.19. The number of para-hydroxylation sites is 1. The van der Waals surface area contributed by atoms with Crippen LogP contribution in [-0.2, 0) is 10.2 Å². The van der Waals surface area contributed by atoms with Crippen molar-refractivity contribution in [2.24, 2.45) is 0 Å². The maximum atomic E-state index is 13.3. The van der Waals surface area contributed by atoms with E-state index in [4.69, 9.17) is 22.1 Å². The van der Waals surface area contributed by atoms with Crippen molar-refractivity contribution in [1.29, 1.82) is 0 Å². The highest BCUT2D eigenvalue weighted by Crippen LogP contribution is 2.46. The van der Waals surface area contributed by atoms with Gasteiger partial charge in [-0.05, 0) is 37.1 Å². The summed E-state index contributed by atoms with van der Waals surface area (Å²) in [5.74, 6) is 0.253. The summed E-state index contributed by atoms with van der Waals surface area (Å²) < 4.78 is 5.52.